The van der Waals surface area contributed by atoms with Gasteiger partial charge in [-0.1, -0.05) is 42.8 Å². The molecule has 0 heterocycles. The normalized spacial score (nSPS) is 12.2. The van der Waals surface area contributed by atoms with Crippen LogP contribution in [-0.2, 0) is 0 Å². The van der Waals surface area contributed by atoms with Gasteiger partial charge in [0.1, 0.15) is 5.75 Å². The maximum atomic E-state index is 6.28. The lowest BCUT2D eigenvalue weighted by molar-refractivity contribution is 0.414. The third-order valence-electron chi connectivity index (χ3n) is 3.32. The highest BCUT2D eigenvalue weighted by atomic mass is 127. The minimum Gasteiger partial charge on any atom is -0.495 e. The summed E-state index contributed by atoms with van der Waals surface area (Å²) in [5.41, 5.74) is 2.42. The Labute approximate surface area is 145 Å². The first kappa shape index (κ1) is 16.6. The molecule has 21 heavy (non-hydrogen) atoms. The number of hydrogen-bond acceptors (Lipinski definition) is 2. The minimum atomic E-state index is 0.140. The van der Waals surface area contributed by atoms with E-state index in [0.29, 0.717) is 10.8 Å². The molecule has 112 valence electrons. The van der Waals surface area contributed by atoms with E-state index in [1.807, 2.05) is 12.1 Å². The maximum absolute atomic E-state index is 6.28. The van der Waals surface area contributed by atoms with Crippen LogP contribution in [0, 0.1) is 3.57 Å². The van der Waals surface area contributed by atoms with E-state index in [-0.39, 0.29) is 6.04 Å². The SMILES string of the molecule is CCCNC(c1ccc(OC)c(Cl)c1)c1ccccc1I. The van der Waals surface area contributed by atoms with Crippen LogP contribution < -0.4 is 10.1 Å². The molecular weight excluding hydrogens is 397 g/mol. The van der Waals surface area contributed by atoms with Crippen molar-refractivity contribution >= 4 is 34.2 Å². The highest BCUT2D eigenvalue weighted by Gasteiger charge is 2.17. The van der Waals surface area contributed by atoms with Crippen molar-refractivity contribution in [2.24, 2.45) is 0 Å². The van der Waals surface area contributed by atoms with Gasteiger partial charge in [-0.05, 0) is 64.9 Å². The summed E-state index contributed by atoms with van der Waals surface area (Å²) in [6.07, 6.45) is 1.09. The van der Waals surface area contributed by atoms with Crippen LogP contribution in [-0.4, -0.2) is 13.7 Å². The standard InChI is InChI=1S/C17H19ClINO/c1-3-10-20-17(13-6-4-5-7-15(13)19)12-8-9-16(21-2)14(18)11-12/h4-9,11,17,20H,3,10H2,1-2H3. The molecule has 0 bridgehead atoms. The topological polar surface area (TPSA) is 21.3 Å². The quantitative estimate of drug-likeness (QED) is 0.667. The summed E-state index contributed by atoms with van der Waals surface area (Å²) in [7, 11) is 1.63. The Balaban J connectivity index is 2.40. The van der Waals surface area contributed by atoms with E-state index in [2.05, 4.69) is 65.2 Å². The first-order valence-electron chi connectivity index (χ1n) is 6.98. The third kappa shape index (κ3) is 4.11. The van der Waals surface area contributed by atoms with E-state index < -0.39 is 0 Å². The molecule has 4 heteroatoms. The molecule has 2 aromatic carbocycles. The van der Waals surface area contributed by atoms with Gasteiger partial charge in [0, 0.05) is 3.57 Å². The molecular formula is C17H19ClINO. The zero-order chi connectivity index (χ0) is 15.2. The van der Waals surface area contributed by atoms with Gasteiger partial charge < -0.3 is 10.1 Å². The van der Waals surface area contributed by atoms with Crippen molar-refractivity contribution in [1.82, 2.24) is 5.32 Å². The van der Waals surface area contributed by atoms with Crippen molar-refractivity contribution in [3.05, 3.63) is 62.2 Å². The first-order chi connectivity index (χ1) is 10.2. The lowest BCUT2D eigenvalue weighted by atomic mass is 9.98. The van der Waals surface area contributed by atoms with Crippen molar-refractivity contribution in [1.29, 1.82) is 0 Å². The van der Waals surface area contributed by atoms with Crippen molar-refractivity contribution in [2.45, 2.75) is 19.4 Å². The summed E-state index contributed by atoms with van der Waals surface area (Å²) in [5.74, 6) is 0.706. The number of methoxy groups -OCH3 is 1. The van der Waals surface area contributed by atoms with Gasteiger partial charge in [-0.25, -0.2) is 0 Å². The van der Waals surface area contributed by atoms with E-state index in [9.17, 15) is 0 Å². The zero-order valence-corrected chi connectivity index (χ0v) is 15.1. The molecule has 1 atom stereocenters. The average Bonchev–Trinajstić information content (AvgIpc) is 2.49. The predicted octanol–water partition coefficient (Wildman–Crippen LogP) is 5.04. The van der Waals surface area contributed by atoms with Crippen molar-refractivity contribution in [2.75, 3.05) is 13.7 Å². The molecule has 0 saturated carbocycles. The van der Waals surface area contributed by atoms with E-state index in [4.69, 9.17) is 16.3 Å². The Bertz CT molecular complexity index is 603. The Morgan fingerprint density at radius 1 is 1.24 bits per heavy atom. The van der Waals surface area contributed by atoms with Gasteiger partial charge in [0.15, 0.2) is 0 Å². The molecule has 0 saturated heterocycles. The minimum absolute atomic E-state index is 0.140. The lowest BCUT2D eigenvalue weighted by Crippen LogP contribution is -2.24. The van der Waals surface area contributed by atoms with Crippen LogP contribution in [0.25, 0.3) is 0 Å². The summed E-state index contributed by atoms with van der Waals surface area (Å²) < 4.78 is 6.48. The molecule has 0 amide bonds. The van der Waals surface area contributed by atoms with Gasteiger partial charge in [-0.3, -0.25) is 0 Å². The van der Waals surface area contributed by atoms with E-state index in [0.717, 1.165) is 18.5 Å². The summed E-state index contributed by atoms with van der Waals surface area (Å²) in [4.78, 5) is 0. The molecule has 0 aliphatic rings. The average molecular weight is 416 g/mol. The van der Waals surface area contributed by atoms with Crippen molar-refractivity contribution in [3.63, 3.8) is 0 Å². The van der Waals surface area contributed by atoms with Crippen LogP contribution in [0.5, 0.6) is 5.75 Å². The predicted molar refractivity (Wildman–Crippen MR) is 97.3 cm³/mol. The summed E-state index contributed by atoms with van der Waals surface area (Å²) in [6, 6.07) is 14.5. The van der Waals surface area contributed by atoms with Gasteiger partial charge in [0.2, 0.25) is 0 Å². The molecule has 0 radical (unpaired) electrons. The molecule has 2 nitrogen and oxygen atoms in total. The number of halogens is 2. The lowest BCUT2D eigenvalue weighted by Gasteiger charge is -2.21. The first-order valence-corrected chi connectivity index (χ1v) is 8.44. The van der Waals surface area contributed by atoms with Gasteiger partial charge in [0.25, 0.3) is 0 Å². The van der Waals surface area contributed by atoms with Crippen molar-refractivity contribution in [3.8, 4) is 5.75 Å². The van der Waals surface area contributed by atoms with Gasteiger partial charge in [-0.2, -0.15) is 0 Å². The highest BCUT2D eigenvalue weighted by molar-refractivity contribution is 14.1. The number of hydrogen-bond donors (Lipinski definition) is 1. The second kappa shape index (κ2) is 8.01. The fraction of sp³-hybridized carbons (Fsp3) is 0.294. The van der Waals surface area contributed by atoms with Gasteiger partial charge in [-0.15, -0.1) is 0 Å². The van der Waals surface area contributed by atoms with Crippen LogP contribution in [0.4, 0.5) is 0 Å². The van der Waals surface area contributed by atoms with Crippen LogP contribution >= 0.6 is 34.2 Å². The number of benzene rings is 2. The van der Waals surface area contributed by atoms with E-state index >= 15 is 0 Å². The summed E-state index contributed by atoms with van der Waals surface area (Å²) in [5, 5.41) is 4.25. The number of ether oxygens (including phenoxy) is 1. The zero-order valence-electron chi connectivity index (χ0n) is 12.2. The molecule has 0 aromatic heterocycles. The monoisotopic (exact) mass is 415 g/mol. The number of nitrogens with one attached hydrogen (secondary N) is 1. The smallest absolute Gasteiger partial charge is 0.137 e. The van der Waals surface area contributed by atoms with Crippen LogP contribution in [0.15, 0.2) is 42.5 Å². The fourth-order valence-electron chi connectivity index (χ4n) is 2.27. The van der Waals surface area contributed by atoms with Crippen LogP contribution in [0.2, 0.25) is 5.02 Å². The Hall–Kier alpha value is -0.780. The molecule has 0 spiro atoms. The molecule has 0 fully saturated rings. The van der Waals surface area contributed by atoms with Gasteiger partial charge >= 0.3 is 0 Å². The molecule has 0 aliphatic heterocycles. The van der Waals surface area contributed by atoms with Gasteiger partial charge in [0.05, 0.1) is 18.2 Å². The van der Waals surface area contributed by atoms with E-state index in [1.54, 1.807) is 7.11 Å². The number of rotatable bonds is 6. The molecule has 1 unspecified atom stereocenters. The maximum Gasteiger partial charge on any atom is 0.137 e. The molecule has 0 aliphatic carbocycles. The fourth-order valence-corrected chi connectivity index (χ4v) is 3.23. The molecule has 2 aromatic rings. The van der Waals surface area contributed by atoms with Crippen LogP contribution in [0.1, 0.15) is 30.5 Å². The Kier molecular flexibility index (Phi) is 6.33. The second-order valence-corrected chi connectivity index (χ2v) is 6.37. The third-order valence-corrected chi connectivity index (χ3v) is 4.60. The Morgan fingerprint density at radius 2 is 2.00 bits per heavy atom. The van der Waals surface area contributed by atoms with E-state index in [1.165, 1.54) is 9.13 Å². The summed E-state index contributed by atoms with van der Waals surface area (Å²) in [6.45, 7) is 3.13. The van der Waals surface area contributed by atoms with Crippen LogP contribution in [0.3, 0.4) is 0 Å². The van der Waals surface area contributed by atoms with Crippen molar-refractivity contribution < 1.29 is 4.74 Å². The summed E-state index contributed by atoms with van der Waals surface area (Å²) >= 11 is 8.66. The molecule has 1 N–H and O–H groups in total. The largest absolute Gasteiger partial charge is 0.495 e. The highest BCUT2D eigenvalue weighted by Crippen LogP contribution is 2.32. The molecule has 2 rings (SSSR count). The Morgan fingerprint density at radius 3 is 2.62 bits per heavy atom. The second-order valence-electron chi connectivity index (χ2n) is 4.80.